The van der Waals surface area contributed by atoms with E-state index in [2.05, 4.69) is 13.8 Å². The van der Waals surface area contributed by atoms with Gasteiger partial charge in [-0.05, 0) is 57.7 Å². The first-order chi connectivity index (χ1) is 8.50. The standard InChI is InChI=1S/C15H22N2O/c1-10-7-8-13(9-14(10)16)15(18)17-11(2)5-4-6-12(17)3/h7-9,11-12H,4-6,16H2,1-3H3/t11-,12-/m0/s1. The van der Waals surface area contributed by atoms with E-state index in [9.17, 15) is 4.79 Å². The van der Waals surface area contributed by atoms with Gasteiger partial charge in [0, 0.05) is 23.3 Å². The van der Waals surface area contributed by atoms with Crippen molar-refractivity contribution in [2.45, 2.75) is 52.1 Å². The van der Waals surface area contributed by atoms with Crippen molar-refractivity contribution < 1.29 is 4.79 Å². The molecule has 0 radical (unpaired) electrons. The van der Waals surface area contributed by atoms with Gasteiger partial charge in [-0.25, -0.2) is 0 Å². The van der Waals surface area contributed by atoms with E-state index in [0.29, 0.717) is 23.3 Å². The van der Waals surface area contributed by atoms with Crippen LogP contribution in [0.4, 0.5) is 5.69 Å². The van der Waals surface area contributed by atoms with Gasteiger partial charge in [0.25, 0.3) is 5.91 Å². The molecule has 3 nitrogen and oxygen atoms in total. The van der Waals surface area contributed by atoms with Crippen LogP contribution in [0.1, 0.15) is 49.0 Å². The van der Waals surface area contributed by atoms with Crippen molar-refractivity contribution in [1.29, 1.82) is 0 Å². The van der Waals surface area contributed by atoms with Crippen LogP contribution in [-0.2, 0) is 0 Å². The normalized spacial score (nSPS) is 24.1. The Kier molecular flexibility index (Phi) is 3.60. The van der Waals surface area contributed by atoms with E-state index in [1.807, 2.05) is 24.0 Å². The maximum Gasteiger partial charge on any atom is 0.254 e. The van der Waals surface area contributed by atoms with Crippen LogP contribution in [0.15, 0.2) is 18.2 Å². The quantitative estimate of drug-likeness (QED) is 0.774. The van der Waals surface area contributed by atoms with Crippen LogP contribution in [-0.4, -0.2) is 22.9 Å². The van der Waals surface area contributed by atoms with E-state index in [1.54, 1.807) is 6.07 Å². The number of hydrogen-bond donors (Lipinski definition) is 1. The molecule has 0 saturated carbocycles. The summed E-state index contributed by atoms with van der Waals surface area (Å²) in [5.41, 5.74) is 8.31. The van der Waals surface area contributed by atoms with Crippen molar-refractivity contribution in [3.63, 3.8) is 0 Å². The highest BCUT2D eigenvalue weighted by atomic mass is 16.2. The lowest BCUT2D eigenvalue weighted by molar-refractivity contribution is 0.0511. The van der Waals surface area contributed by atoms with E-state index in [0.717, 1.165) is 18.4 Å². The molecule has 0 spiro atoms. The van der Waals surface area contributed by atoms with Gasteiger partial charge in [0.05, 0.1) is 0 Å². The van der Waals surface area contributed by atoms with Crippen LogP contribution in [0.3, 0.4) is 0 Å². The number of nitrogens with zero attached hydrogens (tertiary/aromatic N) is 1. The zero-order chi connectivity index (χ0) is 13.3. The Hall–Kier alpha value is -1.51. The van der Waals surface area contributed by atoms with Crippen LogP contribution >= 0.6 is 0 Å². The lowest BCUT2D eigenvalue weighted by atomic mass is 9.96. The van der Waals surface area contributed by atoms with Gasteiger partial charge in [-0.1, -0.05) is 6.07 Å². The molecule has 1 aliphatic rings. The average Bonchev–Trinajstić information content (AvgIpc) is 2.32. The lowest BCUT2D eigenvalue weighted by Gasteiger charge is -2.39. The Balaban J connectivity index is 2.26. The second-order valence-corrected chi connectivity index (χ2v) is 5.41. The number of aryl methyl sites for hydroxylation is 1. The monoisotopic (exact) mass is 246 g/mol. The van der Waals surface area contributed by atoms with E-state index in [4.69, 9.17) is 5.73 Å². The molecule has 1 aromatic carbocycles. The first kappa shape index (κ1) is 12.9. The van der Waals surface area contributed by atoms with E-state index >= 15 is 0 Å². The predicted molar refractivity (Wildman–Crippen MR) is 74.5 cm³/mol. The number of carbonyl (C=O) groups is 1. The Morgan fingerprint density at radius 1 is 1.28 bits per heavy atom. The Morgan fingerprint density at radius 3 is 2.44 bits per heavy atom. The van der Waals surface area contributed by atoms with Crippen LogP contribution in [0, 0.1) is 6.92 Å². The number of nitrogens with two attached hydrogens (primary N) is 1. The minimum absolute atomic E-state index is 0.112. The molecule has 0 bridgehead atoms. The van der Waals surface area contributed by atoms with Crippen molar-refractivity contribution in [2.75, 3.05) is 5.73 Å². The molecule has 1 aliphatic heterocycles. The van der Waals surface area contributed by atoms with Gasteiger partial charge in [-0.2, -0.15) is 0 Å². The number of benzene rings is 1. The fourth-order valence-electron chi connectivity index (χ4n) is 2.74. The van der Waals surface area contributed by atoms with Gasteiger partial charge in [0.2, 0.25) is 0 Å². The number of hydrogen-bond acceptors (Lipinski definition) is 2. The van der Waals surface area contributed by atoms with Gasteiger partial charge < -0.3 is 10.6 Å². The van der Waals surface area contributed by atoms with E-state index in [-0.39, 0.29) is 5.91 Å². The molecule has 0 aromatic heterocycles. The second kappa shape index (κ2) is 5.01. The summed E-state index contributed by atoms with van der Waals surface area (Å²) >= 11 is 0. The van der Waals surface area contributed by atoms with Crippen molar-refractivity contribution in [3.8, 4) is 0 Å². The average molecular weight is 246 g/mol. The highest BCUT2D eigenvalue weighted by Crippen LogP contribution is 2.25. The lowest BCUT2D eigenvalue weighted by Crippen LogP contribution is -2.47. The number of rotatable bonds is 1. The SMILES string of the molecule is Cc1ccc(C(=O)N2[C@@H](C)CCC[C@@H]2C)cc1N. The van der Waals surface area contributed by atoms with Gasteiger partial charge in [0.1, 0.15) is 0 Å². The van der Waals surface area contributed by atoms with Crippen LogP contribution < -0.4 is 5.73 Å². The van der Waals surface area contributed by atoms with Crippen LogP contribution in [0.25, 0.3) is 0 Å². The van der Waals surface area contributed by atoms with Crippen molar-refractivity contribution >= 4 is 11.6 Å². The fourth-order valence-corrected chi connectivity index (χ4v) is 2.74. The third-order valence-corrected chi connectivity index (χ3v) is 3.95. The number of nitrogen functional groups attached to an aromatic ring is 1. The van der Waals surface area contributed by atoms with Crippen LogP contribution in [0.2, 0.25) is 0 Å². The molecule has 1 aromatic rings. The molecule has 0 unspecified atom stereocenters. The zero-order valence-corrected chi connectivity index (χ0v) is 11.4. The molecule has 2 N–H and O–H groups in total. The molecule has 1 amide bonds. The third kappa shape index (κ3) is 2.35. The summed E-state index contributed by atoms with van der Waals surface area (Å²) in [5.74, 6) is 0.112. The van der Waals surface area contributed by atoms with Crippen LogP contribution in [0.5, 0.6) is 0 Å². The van der Waals surface area contributed by atoms with Crippen molar-refractivity contribution in [3.05, 3.63) is 29.3 Å². The summed E-state index contributed by atoms with van der Waals surface area (Å²) < 4.78 is 0. The molecule has 98 valence electrons. The highest BCUT2D eigenvalue weighted by Gasteiger charge is 2.29. The maximum absolute atomic E-state index is 12.6. The molecule has 1 saturated heterocycles. The molecule has 2 atom stereocenters. The molecule has 3 heteroatoms. The summed E-state index contributed by atoms with van der Waals surface area (Å²) in [6.07, 6.45) is 3.40. The molecular weight excluding hydrogens is 224 g/mol. The molecule has 1 fully saturated rings. The van der Waals surface area contributed by atoms with Gasteiger partial charge in [0.15, 0.2) is 0 Å². The molecule has 0 aliphatic carbocycles. The highest BCUT2D eigenvalue weighted by molar-refractivity contribution is 5.95. The molecule has 2 rings (SSSR count). The number of likely N-dealkylation sites (tertiary alicyclic amines) is 1. The minimum Gasteiger partial charge on any atom is -0.398 e. The Labute approximate surface area is 109 Å². The minimum atomic E-state index is 0.112. The van der Waals surface area contributed by atoms with Crippen molar-refractivity contribution in [1.82, 2.24) is 4.90 Å². The number of carbonyl (C=O) groups excluding carboxylic acids is 1. The molecule has 1 heterocycles. The molecular formula is C15H22N2O. The summed E-state index contributed by atoms with van der Waals surface area (Å²) in [5, 5.41) is 0. The smallest absolute Gasteiger partial charge is 0.254 e. The topological polar surface area (TPSA) is 46.3 Å². The van der Waals surface area contributed by atoms with Gasteiger partial charge in [-0.3, -0.25) is 4.79 Å². The number of piperidine rings is 1. The van der Waals surface area contributed by atoms with Crippen molar-refractivity contribution in [2.24, 2.45) is 0 Å². The van der Waals surface area contributed by atoms with Gasteiger partial charge in [-0.15, -0.1) is 0 Å². The van der Waals surface area contributed by atoms with E-state index < -0.39 is 0 Å². The summed E-state index contributed by atoms with van der Waals surface area (Å²) in [7, 11) is 0. The fraction of sp³-hybridized carbons (Fsp3) is 0.533. The first-order valence-corrected chi connectivity index (χ1v) is 6.69. The first-order valence-electron chi connectivity index (χ1n) is 6.69. The largest absolute Gasteiger partial charge is 0.398 e. The number of amides is 1. The summed E-state index contributed by atoms with van der Waals surface area (Å²) in [6.45, 7) is 6.21. The zero-order valence-electron chi connectivity index (χ0n) is 11.4. The second-order valence-electron chi connectivity index (χ2n) is 5.41. The third-order valence-electron chi connectivity index (χ3n) is 3.95. The number of anilines is 1. The molecule has 18 heavy (non-hydrogen) atoms. The Bertz CT molecular complexity index is 446. The maximum atomic E-state index is 12.6. The Morgan fingerprint density at radius 2 is 1.89 bits per heavy atom. The van der Waals surface area contributed by atoms with E-state index in [1.165, 1.54) is 6.42 Å². The summed E-state index contributed by atoms with van der Waals surface area (Å²) in [6, 6.07) is 6.24. The van der Waals surface area contributed by atoms with Gasteiger partial charge >= 0.3 is 0 Å². The predicted octanol–water partition coefficient (Wildman–Crippen LogP) is 2.98. The summed E-state index contributed by atoms with van der Waals surface area (Å²) in [4.78, 5) is 14.6.